The first kappa shape index (κ1) is 32.8. The van der Waals surface area contributed by atoms with Crippen LogP contribution in [0.5, 0.6) is 0 Å². The lowest BCUT2D eigenvalue weighted by Gasteiger charge is -2.62. The molecule has 0 amide bonds. The van der Waals surface area contributed by atoms with Gasteiger partial charge in [-0.15, -0.1) is 0 Å². The molecule has 14 nitrogen and oxygen atoms in total. The molecule has 6 aliphatic heterocycles. The Morgan fingerprint density at radius 2 is 0.659 bits per heavy atom. The van der Waals surface area contributed by atoms with Crippen molar-refractivity contribution >= 4 is 76.4 Å². The van der Waals surface area contributed by atoms with Crippen molar-refractivity contribution in [1.82, 2.24) is 0 Å². The Hall–Kier alpha value is 0.465. The summed E-state index contributed by atoms with van der Waals surface area (Å²) in [6.45, 7) is 15.0. The van der Waals surface area contributed by atoms with Crippen LogP contribution in [-0.4, -0.2) is 81.5 Å². The third-order valence-electron chi connectivity index (χ3n) is 7.76. The predicted molar refractivity (Wildman–Crippen MR) is 159 cm³/mol. The van der Waals surface area contributed by atoms with E-state index in [2.05, 4.69) is 0 Å². The molecule has 0 saturated carbocycles. The second kappa shape index (κ2) is 11.1. The summed E-state index contributed by atoms with van der Waals surface area (Å²) >= 11 is 0. The van der Waals surface area contributed by atoms with Gasteiger partial charge in [0.2, 0.25) is 0 Å². The van der Waals surface area contributed by atoms with E-state index < -0.39 is 76.4 Å². The molecule has 0 radical (unpaired) electrons. The normalized spacial score (nSPS) is 49.2. The minimum absolute atomic E-state index is 0.00774. The Balaban J connectivity index is 1.85. The first-order chi connectivity index (χ1) is 19.2. The monoisotopic (exact) mass is 718 g/mol. The van der Waals surface area contributed by atoms with Crippen LogP contribution in [0.25, 0.3) is 0 Å². The molecule has 41 heavy (non-hydrogen) atoms. The highest BCUT2D eigenvalue weighted by atomic mass is 28.6. The highest BCUT2D eigenvalue weighted by molar-refractivity contribution is 7.03. The van der Waals surface area contributed by atoms with Crippen LogP contribution in [0.3, 0.4) is 0 Å². The third kappa shape index (κ3) is 5.59. The van der Waals surface area contributed by atoms with Gasteiger partial charge in [0.15, 0.2) is 0 Å². The van der Waals surface area contributed by atoms with Gasteiger partial charge in [0.05, 0.1) is 0 Å². The van der Waals surface area contributed by atoms with Crippen molar-refractivity contribution in [3.05, 3.63) is 11.6 Å². The van der Waals surface area contributed by atoms with Crippen LogP contribution < -0.4 is 0 Å². The van der Waals surface area contributed by atoms with E-state index in [0.29, 0.717) is 42.3 Å². The minimum atomic E-state index is -4.00. The SMILES string of the molecule is CC[Si]12O[Si]3(CC)O[Si]4(CC)O[Si](CC)(O1)O[Si]1(CC)O[Si](CC)(O2)O[Si](CC)(O3)O[Si](C/C=C(\C)C(=O)O)(O4)O1. The van der Waals surface area contributed by atoms with E-state index in [1.807, 2.05) is 48.5 Å². The zero-order chi connectivity index (χ0) is 30.0. The Morgan fingerprint density at radius 1 is 0.463 bits per heavy atom. The Bertz CT molecular complexity index is 960. The molecule has 0 aliphatic carbocycles. The van der Waals surface area contributed by atoms with E-state index in [1.165, 1.54) is 6.92 Å². The lowest BCUT2D eigenvalue weighted by molar-refractivity contribution is -0.132. The van der Waals surface area contributed by atoms with Gasteiger partial charge < -0.3 is 54.5 Å². The fourth-order valence-electron chi connectivity index (χ4n) is 5.35. The number of hydrogen-bond acceptors (Lipinski definition) is 13. The van der Waals surface area contributed by atoms with Crippen molar-refractivity contribution in [2.24, 2.45) is 0 Å². The Kier molecular flexibility index (Phi) is 8.87. The summed E-state index contributed by atoms with van der Waals surface area (Å²) in [5.74, 6) is -1.06. The zero-order valence-electron chi connectivity index (χ0n) is 25.0. The van der Waals surface area contributed by atoms with E-state index in [-0.39, 0.29) is 11.6 Å². The van der Waals surface area contributed by atoms with Gasteiger partial charge in [0.1, 0.15) is 0 Å². The van der Waals surface area contributed by atoms with E-state index >= 15 is 0 Å². The van der Waals surface area contributed by atoms with Crippen LogP contribution in [-0.2, 0) is 54.2 Å². The van der Waals surface area contributed by atoms with Gasteiger partial charge >= 0.3 is 76.4 Å². The van der Waals surface area contributed by atoms with Crippen LogP contribution in [0.4, 0.5) is 0 Å². The van der Waals surface area contributed by atoms with Crippen molar-refractivity contribution in [2.75, 3.05) is 0 Å². The topological polar surface area (TPSA) is 148 Å². The molecule has 0 atom stereocenters. The maximum absolute atomic E-state index is 11.8. The molecular weight excluding hydrogens is 677 g/mol. The van der Waals surface area contributed by atoms with Crippen LogP contribution in [0.15, 0.2) is 11.6 Å². The van der Waals surface area contributed by atoms with Crippen LogP contribution >= 0.6 is 0 Å². The fraction of sp³-hybridized carbons (Fsp3) is 0.842. The molecule has 22 heteroatoms. The summed E-state index contributed by atoms with van der Waals surface area (Å²) in [5, 5.41) is 9.65. The van der Waals surface area contributed by atoms with Gasteiger partial charge in [-0.05, 0) is 6.92 Å². The van der Waals surface area contributed by atoms with Gasteiger partial charge in [0.25, 0.3) is 0 Å². The molecule has 0 aromatic rings. The summed E-state index contributed by atoms with van der Waals surface area (Å²) in [6.07, 6.45) is 1.55. The van der Waals surface area contributed by atoms with Gasteiger partial charge in [-0.1, -0.05) is 54.5 Å². The molecule has 0 unspecified atom stereocenters. The lowest BCUT2D eigenvalue weighted by atomic mass is 10.3. The second-order valence-electron chi connectivity index (χ2n) is 10.6. The summed E-state index contributed by atoms with van der Waals surface area (Å²) in [7, 11) is -30.0. The highest BCUT2D eigenvalue weighted by Gasteiger charge is 2.81. The maximum Gasteiger partial charge on any atom is 0.482 e. The fourth-order valence-corrected chi connectivity index (χ4v) is 54.8. The molecule has 6 saturated heterocycles. The number of carboxylic acids is 1. The number of allylic oxidation sites excluding steroid dienone is 1. The number of carbonyl (C=O) groups is 1. The van der Waals surface area contributed by atoms with Crippen molar-refractivity contribution in [3.63, 3.8) is 0 Å². The average Bonchev–Trinajstić information content (AvgIpc) is 2.90. The molecule has 6 heterocycles. The molecule has 6 fully saturated rings. The Labute approximate surface area is 250 Å². The number of hydrogen-bond donors (Lipinski definition) is 1. The van der Waals surface area contributed by atoms with Crippen LogP contribution in [0, 0.1) is 0 Å². The highest BCUT2D eigenvalue weighted by Crippen LogP contribution is 2.53. The van der Waals surface area contributed by atoms with Gasteiger partial charge in [-0.2, -0.15) is 0 Å². The average molecular weight is 719 g/mol. The molecular formula is C19H42O14Si8. The third-order valence-corrected chi connectivity index (χ3v) is 44.4. The molecule has 0 spiro atoms. The van der Waals surface area contributed by atoms with E-state index in [0.717, 1.165) is 0 Å². The van der Waals surface area contributed by atoms with E-state index in [9.17, 15) is 9.90 Å². The maximum atomic E-state index is 11.8. The molecule has 1 N–H and O–H groups in total. The lowest BCUT2D eigenvalue weighted by Crippen LogP contribution is -2.88. The predicted octanol–water partition coefficient (Wildman–Crippen LogP) is 3.94. The summed E-state index contributed by atoms with van der Waals surface area (Å²) < 4.78 is 84.3. The zero-order valence-corrected chi connectivity index (χ0v) is 33.0. The van der Waals surface area contributed by atoms with Crippen molar-refractivity contribution in [1.29, 1.82) is 0 Å². The minimum Gasteiger partial charge on any atom is -0.478 e. The van der Waals surface area contributed by atoms with Crippen LogP contribution in [0.2, 0.25) is 48.4 Å². The first-order valence-electron chi connectivity index (χ1n) is 14.6. The largest absolute Gasteiger partial charge is 0.482 e. The van der Waals surface area contributed by atoms with Gasteiger partial charge in [-0.3, -0.25) is 0 Å². The second-order valence-corrected chi connectivity index (χ2v) is 36.6. The number of rotatable bonds is 10. The summed E-state index contributed by atoms with van der Waals surface area (Å²) in [4.78, 5) is 11.8. The quantitative estimate of drug-likeness (QED) is 0.257. The van der Waals surface area contributed by atoms with E-state index in [1.54, 1.807) is 6.08 Å². The molecule has 6 rings (SSSR count). The number of carboxylic acid groups (broad SMARTS) is 1. The van der Waals surface area contributed by atoms with Gasteiger partial charge in [0, 0.05) is 53.9 Å². The standard InChI is InChI=1S/C19H42O14Si8/c1-9-34-22-35(10-2)25-38(13-5)27-36(11-3,23-34)29-40(15-7)30-37(12-4,24-34)28-39(14-6,26-35)32-41(31-38,33-40)17-16-18(8)19(20)21/h16H,9-15,17H2,1-8H3,(H,20,21)/b18-16+. The van der Waals surface area contributed by atoms with Crippen molar-refractivity contribution in [3.8, 4) is 0 Å². The molecule has 0 aromatic carbocycles. The smallest absolute Gasteiger partial charge is 0.478 e. The van der Waals surface area contributed by atoms with Crippen molar-refractivity contribution < 1.29 is 59.3 Å². The molecule has 0 aromatic heterocycles. The van der Waals surface area contributed by atoms with Crippen molar-refractivity contribution in [2.45, 2.75) is 104 Å². The Morgan fingerprint density at radius 3 is 0.829 bits per heavy atom. The molecule has 8 bridgehead atoms. The van der Waals surface area contributed by atoms with E-state index in [4.69, 9.17) is 49.4 Å². The summed E-state index contributed by atoms with van der Waals surface area (Å²) in [6, 6.07) is 2.53. The molecule has 234 valence electrons. The van der Waals surface area contributed by atoms with Gasteiger partial charge in [-0.25, -0.2) is 4.79 Å². The van der Waals surface area contributed by atoms with Crippen LogP contribution in [0.1, 0.15) is 55.4 Å². The first-order valence-corrected chi connectivity index (χ1v) is 30.0. The summed E-state index contributed by atoms with van der Waals surface area (Å²) in [5.41, 5.74) is 0.119. The number of aliphatic carboxylic acids is 1. The molecule has 6 aliphatic rings.